The van der Waals surface area contributed by atoms with Crippen LogP contribution < -0.4 is 0 Å². The predicted molar refractivity (Wildman–Crippen MR) is 52.2 cm³/mol. The molecule has 1 saturated heterocycles. The van der Waals surface area contributed by atoms with Crippen molar-refractivity contribution in [3.8, 4) is 0 Å². The molecular weight excluding hydrogens is 390 g/mol. The average molecular weight is 396 g/mol. The molecule has 0 aromatic rings. The Balaban J connectivity index is 3.13. The lowest BCUT2D eigenvalue weighted by molar-refractivity contribution is -0.445. The van der Waals surface area contributed by atoms with E-state index < -0.39 is 30.3 Å². The van der Waals surface area contributed by atoms with Gasteiger partial charge in [0.1, 0.15) is 0 Å². The van der Waals surface area contributed by atoms with E-state index in [9.17, 15) is 26.3 Å². The van der Waals surface area contributed by atoms with E-state index in [4.69, 9.17) is 0 Å². The van der Waals surface area contributed by atoms with Crippen LogP contribution in [0, 0.1) is 0 Å². The molecule has 102 valence electrons. The first-order valence-electron chi connectivity index (χ1n) is 4.20. The van der Waals surface area contributed by atoms with Crippen molar-refractivity contribution in [1.82, 2.24) is 0 Å². The first-order valence-corrected chi connectivity index (χ1v) is 6.44. The number of hydrogen-bond donors (Lipinski definition) is 0. The van der Waals surface area contributed by atoms with Gasteiger partial charge in [0.2, 0.25) is 0 Å². The summed E-state index contributed by atoms with van der Waals surface area (Å²) in [6.45, 7) is 0. The quantitative estimate of drug-likeness (QED) is 0.527. The fourth-order valence-electron chi connectivity index (χ4n) is 1.30. The summed E-state index contributed by atoms with van der Waals surface area (Å²) in [7, 11) is 0. The van der Waals surface area contributed by atoms with Crippen LogP contribution in [0.15, 0.2) is 0 Å². The average Bonchev–Trinajstić information content (AvgIpc) is 2.55. The van der Waals surface area contributed by atoms with Crippen molar-refractivity contribution in [2.75, 3.05) is 10.7 Å². The molecule has 17 heavy (non-hydrogen) atoms. The molecule has 10 heteroatoms. The number of halogens is 8. The van der Waals surface area contributed by atoms with E-state index in [0.29, 0.717) is 0 Å². The second kappa shape index (κ2) is 4.86. The minimum atomic E-state index is -5.69. The fraction of sp³-hybridized carbons (Fsp3) is 1.00. The van der Waals surface area contributed by atoms with Crippen LogP contribution in [0.25, 0.3) is 0 Å². The molecule has 1 aliphatic rings. The van der Waals surface area contributed by atoms with Crippen molar-refractivity contribution in [1.29, 1.82) is 0 Å². The molecule has 2 unspecified atom stereocenters. The molecule has 2 nitrogen and oxygen atoms in total. The van der Waals surface area contributed by atoms with Crippen molar-refractivity contribution in [2.24, 2.45) is 0 Å². The molecule has 0 aliphatic carbocycles. The van der Waals surface area contributed by atoms with E-state index in [1.54, 1.807) is 0 Å². The zero-order valence-corrected chi connectivity index (χ0v) is 11.1. The van der Waals surface area contributed by atoms with Gasteiger partial charge in [0.15, 0.2) is 0 Å². The third kappa shape index (κ3) is 2.59. The predicted octanol–water partition coefficient (Wildman–Crippen LogP) is 3.38. The van der Waals surface area contributed by atoms with Gasteiger partial charge in [-0.2, -0.15) is 26.3 Å². The Morgan fingerprint density at radius 2 is 1.12 bits per heavy atom. The van der Waals surface area contributed by atoms with E-state index in [1.165, 1.54) is 0 Å². The standard InChI is InChI=1S/C7H6Br2F6O2/c8-1-3-4(2-9)17-5(16-3,6(10,11)12)7(13,14)15/h3-4H,1-2H2. The molecule has 2 atom stereocenters. The van der Waals surface area contributed by atoms with Crippen LogP contribution in [0.4, 0.5) is 26.3 Å². The fourth-order valence-corrected chi connectivity index (χ4v) is 2.39. The van der Waals surface area contributed by atoms with Gasteiger partial charge in [-0.25, -0.2) is 0 Å². The minimum Gasteiger partial charge on any atom is -0.328 e. The van der Waals surface area contributed by atoms with E-state index in [-0.39, 0.29) is 10.7 Å². The Morgan fingerprint density at radius 1 is 0.824 bits per heavy atom. The largest absolute Gasteiger partial charge is 0.453 e. The molecule has 0 N–H and O–H groups in total. The maximum atomic E-state index is 12.5. The van der Waals surface area contributed by atoms with Crippen LogP contribution in [-0.4, -0.2) is 41.0 Å². The van der Waals surface area contributed by atoms with Crippen molar-refractivity contribution in [3.63, 3.8) is 0 Å². The highest BCUT2D eigenvalue weighted by molar-refractivity contribution is 9.09. The van der Waals surface area contributed by atoms with E-state index in [2.05, 4.69) is 41.3 Å². The molecule has 1 aliphatic heterocycles. The Kier molecular flexibility index (Phi) is 4.43. The summed E-state index contributed by atoms with van der Waals surface area (Å²) in [6.07, 6.45) is -14.1. The molecular formula is C7H6Br2F6O2. The highest BCUT2D eigenvalue weighted by Crippen LogP contribution is 2.51. The number of hydrogen-bond acceptors (Lipinski definition) is 2. The summed E-state index contributed by atoms with van der Waals surface area (Å²) in [5, 5.41) is -0.394. The van der Waals surface area contributed by atoms with E-state index in [0.717, 1.165) is 0 Å². The first-order chi connectivity index (χ1) is 7.59. The molecule has 0 amide bonds. The SMILES string of the molecule is FC(F)(F)C1(C(F)(F)F)OC(CBr)C(CBr)O1. The summed E-state index contributed by atoms with van der Waals surface area (Å²) in [5.74, 6) is -4.54. The van der Waals surface area contributed by atoms with Gasteiger partial charge >= 0.3 is 18.1 Å². The maximum Gasteiger partial charge on any atom is 0.453 e. The lowest BCUT2D eigenvalue weighted by atomic mass is 10.2. The van der Waals surface area contributed by atoms with Crippen LogP contribution in [0.1, 0.15) is 0 Å². The molecule has 0 spiro atoms. The smallest absolute Gasteiger partial charge is 0.328 e. The molecule has 1 heterocycles. The van der Waals surface area contributed by atoms with E-state index >= 15 is 0 Å². The van der Waals surface area contributed by atoms with E-state index in [1.807, 2.05) is 0 Å². The minimum absolute atomic E-state index is 0.197. The molecule has 0 aromatic carbocycles. The van der Waals surface area contributed by atoms with Gasteiger partial charge in [-0.05, 0) is 0 Å². The van der Waals surface area contributed by atoms with Crippen molar-refractivity contribution in [2.45, 2.75) is 30.3 Å². The Hall–Kier alpha value is 0.460. The van der Waals surface area contributed by atoms with Gasteiger partial charge in [0, 0.05) is 10.7 Å². The highest BCUT2D eigenvalue weighted by Gasteiger charge is 2.78. The summed E-state index contributed by atoms with van der Waals surface area (Å²) < 4.78 is 83.3. The highest BCUT2D eigenvalue weighted by atomic mass is 79.9. The molecule has 0 aromatic heterocycles. The van der Waals surface area contributed by atoms with Crippen molar-refractivity contribution >= 4 is 31.9 Å². The Bertz CT molecular complexity index is 251. The molecule has 1 fully saturated rings. The monoisotopic (exact) mass is 394 g/mol. The second-order valence-electron chi connectivity index (χ2n) is 3.23. The van der Waals surface area contributed by atoms with Gasteiger partial charge < -0.3 is 9.47 Å². The van der Waals surface area contributed by atoms with Crippen molar-refractivity contribution in [3.05, 3.63) is 0 Å². The van der Waals surface area contributed by atoms with Crippen LogP contribution in [0.2, 0.25) is 0 Å². The second-order valence-corrected chi connectivity index (χ2v) is 4.53. The van der Waals surface area contributed by atoms with Crippen LogP contribution in [0.3, 0.4) is 0 Å². The lowest BCUT2D eigenvalue weighted by Gasteiger charge is -2.31. The Labute approximate surface area is 109 Å². The molecule has 0 radical (unpaired) electrons. The topological polar surface area (TPSA) is 18.5 Å². The van der Waals surface area contributed by atoms with Gasteiger partial charge in [-0.1, -0.05) is 31.9 Å². The zero-order valence-electron chi connectivity index (χ0n) is 7.91. The molecule has 0 saturated carbocycles. The third-order valence-corrected chi connectivity index (χ3v) is 3.38. The number of rotatable bonds is 2. The van der Waals surface area contributed by atoms with Crippen LogP contribution in [0.5, 0.6) is 0 Å². The third-order valence-electron chi connectivity index (χ3n) is 2.10. The van der Waals surface area contributed by atoms with Gasteiger partial charge in [-0.15, -0.1) is 0 Å². The van der Waals surface area contributed by atoms with Crippen LogP contribution in [-0.2, 0) is 9.47 Å². The summed E-state index contributed by atoms with van der Waals surface area (Å²) in [4.78, 5) is 0. The number of ether oxygens (including phenoxy) is 2. The first kappa shape index (κ1) is 15.5. The Morgan fingerprint density at radius 3 is 1.29 bits per heavy atom. The number of alkyl halides is 8. The zero-order chi connectivity index (χ0) is 13.5. The maximum absolute atomic E-state index is 12.5. The summed E-state index contributed by atoms with van der Waals surface area (Å²) in [6, 6.07) is 0. The summed E-state index contributed by atoms with van der Waals surface area (Å²) >= 11 is 5.56. The van der Waals surface area contributed by atoms with Crippen molar-refractivity contribution < 1.29 is 35.8 Å². The van der Waals surface area contributed by atoms with Crippen LogP contribution >= 0.6 is 31.9 Å². The van der Waals surface area contributed by atoms with Gasteiger partial charge in [-0.3, -0.25) is 0 Å². The van der Waals surface area contributed by atoms with Gasteiger partial charge in [0.05, 0.1) is 12.2 Å². The lowest BCUT2D eigenvalue weighted by Crippen LogP contribution is -2.58. The summed E-state index contributed by atoms with van der Waals surface area (Å²) in [5.41, 5.74) is 0. The normalized spacial score (nSPS) is 29.6. The van der Waals surface area contributed by atoms with Gasteiger partial charge in [0.25, 0.3) is 0 Å². The molecule has 0 bridgehead atoms. The molecule has 1 rings (SSSR count).